The summed E-state index contributed by atoms with van der Waals surface area (Å²) in [5.74, 6) is 0.469. The molecule has 1 rings (SSSR count). The van der Waals surface area contributed by atoms with Crippen molar-refractivity contribution >= 4 is 12.2 Å². The maximum atomic E-state index is 10.4. The molecule has 0 aliphatic carbocycles. The minimum Gasteiger partial charge on any atom is -0.507 e. The lowest BCUT2D eigenvalue weighted by atomic mass is 10.0. The number of primary amides is 1. The highest BCUT2D eigenvalue weighted by atomic mass is 16.3. The molecule has 5 nitrogen and oxygen atoms in total. The van der Waals surface area contributed by atoms with Crippen molar-refractivity contribution < 1.29 is 9.90 Å². The van der Waals surface area contributed by atoms with E-state index >= 15 is 0 Å². The van der Waals surface area contributed by atoms with E-state index in [1.165, 1.54) is 6.21 Å². The summed E-state index contributed by atoms with van der Waals surface area (Å²) in [6.45, 7) is 4.10. The third kappa shape index (κ3) is 3.27. The fourth-order valence-corrected chi connectivity index (χ4v) is 1.20. The van der Waals surface area contributed by atoms with Gasteiger partial charge in [-0.15, -0.1) is 0 Å². The molecule has 0 aromatic heterocycles. The molecule has 0 saturated carbocycles. The quantitative estimate of drug-likeness (QED) is 0.533. The van der Waals surface area contributed by atoms with Crippen LogP contribution in [0.2, 0.25) is 0 Å². The van der Waals surface area contributed by atoms with Crippen LogP contribution in [0.25, 0.3) is 0 Å². The second-order valence-electron chi connectivity index (χ2n) is 3.71. The summed E-state index contributed by atoms with van der Waals surface area (Å²) in [7, 11) is 0. The second kappa shape index (κ2) is 5.16. The van der Waals surface area contributed by atoms with E-state index in [1.54, 1.807) is 6.07 Å². The first-order valence-electron chi connectivity index (χ1n) is 4.92. The van der Waals surface area contributed by atoms with Gasteiger partial charge >= 0.3 is 6.03 Å². The number of benzene rings is 1. The molecule has 16 heavy (non-hydrogen) atoms. The number of hydrazone groups is 1. The van der Waals surface area contributed by atoms with Gasteiger partial charge in [0.05, 0.1) is 6.21 Å². The molecule has 2 amide bonds. The molecule has 0 atom stereocenters. The zero-order chi connectivity index (χ0) is 12.1. The number of rotatable bonds is 3. The zero-order valence-electron chi connectivity index (χ0n) is 9.27. The van der Waals surface area contributed by atoms with Crippen LogP contribution in [0.4, 0.5) is 4.79 Å². The van der Waals surface area contributed by atoms with Crippen LogP contribution in [-0.2, 0) is 0 Å². The van der Waals surface area contributed by atoms with Crippen molar-refractivity contribution in [3.8, 4) is 5.75 Å². The van der Waals surface area contributed by atoms with Gasteiger partial charge in [0, 0.05) is 5.56 Å². The molecule has 0 saturated heterocycles. The van der Waals surface area contributed by atoms with Gasteiger partial charge in [-0.25, -0.2) is 10.2 Å². The highest BCUT2D eigenvalue weighted by Crippen LogP contribution is 2.21. The molecule has 4 N–H and O–H groups in total. The number of hydrogen-bond acceptors (Lipinski definition) is 3. The number of phenolic OH excluding ortho intramolecular Hbond substituents is 1. The standard InChI is InChI=1S/C11H15N3O2/c1-7(2)8-3-4-10(15)9(5-8)6-13-14-11(12)16/h3-7,15H,1-2H3,(H3,12,14,16). The van der Waals surface area contributed by atoms with Crippen molar-refractivity contribution in [2.24, 2.45) is 10.8 Å². The summed E-state index contributed by atoms with van der Waals surface area (Å²) in [5.41, 5.74) is 8.54. The summed E-state index contributed by atoms with van der Waals surface area (Å²) >= 11 is 0. The number of nitrogens with one attached hydrogen (secondary N) is 1. The van der Waals surface area contributed by atoms with Gasteiger partial charge in [-0.05, 0) is 23.6 Å². The summed E-state index contributed by atoms with van der Waals surface area (Å²) in [4.78, 5) is 10.4. The molecule has 1 aromatic carbocycles. The van der Waals surface area contributed by atoms with Gasteiger partial charge in [-0.3, -0.25) is 0 Å². The molecule has 1 aromatic rings. The average Bonchev–Trinajstić information content (AvgIpc) is 2.20. The Balaban J connectivity index is 2.90. The smallest absolute Gasteiger partial charge is 0.332 e. The van der Waals surface area contributed by atoms with E-state index in [2.05, 4.69) is 24.4 Å². The Labute approximate surface area is 94.0 Å². The number of nitrogens with two attached hydrogens (primary N) is 1. The SMILES string of the molecule is CC(C)c1ccc(O)c(C=NNC(N)=O)c1. The highest BCUT2D eigenvalue weighted by Gasteiger charge is 2.03. The average molecular weight is 221 g/mol. The van der Waals surface area contributed by atoms with Crippen LogP contribution in [-0.4, -0.2) is 17.4 Å². The van der Waals surface area contributed by atoms with Crippen molar-refractivity contribution in [2.75, 3.05) is 0 Å². The van der Waals surface area contributed by atoms with E-state index < -0.39 is 6.03 Å². The Hall–Kier alpha value is -2.04. The fraction of sp³-hybridized carbons (Fsp3) is 0.273. The Bertz CT molecular complexity index is 414. The van der Waals surface area contributed by atoms with E-state index in [0.29, 0.717) is 11.5 Å². The zero-order valence-corrected chi connectivity index (χ0v) is 9.27. The lowest BCUT2D eigenvalue weighted by Gasteiger charge is -2.07. The van der Waals surface area contributed by atoms with Gasteiger partial charge in [0.15, 0.2) is 0 Å². The van der Waals surface area contributed by atoms with E-state index in [-0.39, 0.29) is 5.75 Å². The first-order valence-corrected chi connectivity index (χ1v) is 4.92. The number of phenols is 1. The summed E-state index contributed by atoms with van der Waals surface area (Å²) in [5, 5.41) is 13.1. The number of aromatic hydroxyl groups is 1. The highest BCUT2D eigenvalue weighted by molar-refractivity contribution is 5.84. The van der Waals surface area contributed by atoms with Crippen LogP contribution in [0.1, 0.15) is 30.9 Å². The van der Waals surface area contributed by atoms with Crippen LogP contribution >= 0.6 is 0 Å². The van der Waals surface area contributed by atoms with Crippen LogP contribution in [0.3, 0.4) is 0 Å². The van der Waals surface area contributed by atoms with Crippen molar-refractivity contribution in [1.29, 1.82) is 0 Å². The maximum absolute atomic E-state index is 10.4. The normalized spacial score (nSPS) is 10.9. The molecule has 0 spiro atoms. The van der Waals surface area contributed by atoms with Gasteiger partial charge in [-0.1, -0.05) is 19.9 Å². The lowest BCUT2D eigenvalue weighted by molar-refractivity contribution is 0.249. The number of amides is 2. The predicted octanol–water partition coefficient (Wildman–Crippen LogP) is 1.52. The predicted molar refractivity (Wildman–Crippen MR) is 62.5 cm³/mol. The Morgan fingerprint density at radius 3 is 2.81 bits per heavy atom. The first-order chi connectivity index (χ1) is 7.50. The molecular formula is C11H15N3O2. The molecule has 0 bridgehead atoms. The fourth-order valence-electron chi connectivity index (χ4n) is 1.20. The molecule has 0 aliphatic rings. The van der Waals surface area contributed by atoms with Crippen molar-refractivity contribution in [3.05, 3.63) is 29.3 Å². The molecule has 0 aliphatic heterocycles. The second-order valence-corrected chi connectivity index (χ2v) is 3.71. The Morgan fingerprint density at radius 2 is 2.25 bits per heavy atom. The van der Waals surface area contributed by atoms with Crippen LogP contribution < -0.4 is 11.2 Å². The van der Waals surface area contributed by atoms with Gasteiger partial charge in [0.2, 0.25) is 0 Å². The molecule has 0 fully saturated rings. The van der Waals surface area contributed by atoms with Crippen molar-refractivity contribution in [3.63, 3.8) is 0 Å². The van der Waals surface area contributed by atoms with Crippen molar-refractivity contribution in [2.45, 2.75) is 19.8 Å². The molecule has 0 unspecified atom stereocenters. The van der Waals surface area contributed by atoms with E-state index in [4.69, 9.17) is 5.73 Å². The summed E-state index contributed by atoms with van der Waals surface area (Å²) in [6, 6.07) is 4.52. The number of carbonyl (C=O) groups excluding carboxylic acids is 1. The van der Waals surface area contributed by atoms with E-state index in [1.807, 2.05) is 12.1 Å². The summed E-state index contributed by atoms with van der Waals surface area (Å²) < 4.78 is 0. The number of carbonyl (C=O) groups is 1. The van der Waals surface area contributed by atoms with E-state index in [9.17, 15) is 9.90 Å². The lowest BCUT2D eigenvalue weighted by Crippen LogP contribution is -2.24. The van der Waals surface area contributed by atoms with Gasteiger partial charge in [-0.2, -0.15) is 5.10 Å². The first kappa shape index (κ1) is 12.0. The number of nitrogens with zero attached hydrogens (tertiary/aromatic N) is 1. The summed E-state index contributed by atoms with van der Waals surface area (Å²) in [6.07, 6.45) is 1.35. The maximum Gasteiger partial charge on any atom is 0.332 e. The largest absolute Gasteiger partial charge is 0.507 e. The Morgan fingerprint density at radius 1 is 1.56 bits per heavy atom. The number of urea groups is 1. The molecule has 5 heteroatoms. The van der Waals surface area contributed by atoms with Crippen molar-refractivity contribution in [1.82, 2.24) is 5.43 Å². The minimum absolute atomic E-state index is 0.111. The molecular weight excluding hydrogens is 206 g/mol. The third-order valence-corrected chi connectivity index (χ3v) is 2.10. The van der Waals surface area contributed by atoms with Gasteiger partial charge in [0.25, 0.3) is 0 Å². The van der Waals surface area contributed by atoms with Crippen LogP contribution in [0.15, 0.2) is 23.3 Å². The molecule has 86 valence electrons. The topological polar surface area (TPSA) is 87.7 Å². The third-order valence-electron chi connectivity index (χ3n) is 2.10. The molecule has 0 heterocycles. The molecule has 0 radical (unpaired) electrons. The van der Waals surface area contributed by atoms with Gasteiger partial charge < -0.3 is 10.8 Å². The monoisotopic (exact) mass is 221 g/mol. The number of hydrogen-bond donors (Lipinski definition) is 3. The minimum atomic E-state index is -0.740. The van der Waals surface area contributed by atoms with E-state index in [0.717, 1.165) is 5.56 Å². The van der Waals surface area contributed by atoms with Gasteiger partial charge in [0.1, 0.15) is 5.75 Å². The van der Waals surface area contributed by atoms with Crippen LogP contribution in [0.5, 0.6) is 5.75 Å². The Kier molecular flexibility index (Phi) is 3.88. The van der Waals surface area contributed by atoms with Crippen LogP contribution in [0, 0.1) is 0 Å².